The van der Waals surface area contributed by atoms with Crippen LogP contribution < -0.4 is 15.4 Å². The highest BCUT2D eigenvalue weighted by Crippen LogP contribution is 2.46. The molecule has 0 unspecified atom stereocenters. The number of nitrogens with one attached hydrogen (secondary N) is 2. The van der Waals surface area contributed by atoms with Crippen LogP contribution in [-0.2, 0) is 0 Å². The first-order valence-corrected chi connectivity index (χ1v) is 7.54. The molecule has 2 fully saturated rings. The van der Waals surface area contributed by atoms with Gasteiger partial charge >= 0.3 is 0 Å². The number of aldehydes is 1. The van der Waals surface area contributed by atoms with Crippen LogP contribution in [-0.4, -0.2) is 32.5 Å². The molecule has 4 nitrogen and oxygen atoms in total. The molecule has 2 aliphatic rings. The van der Waals surface area contributed by atoms with Crippen LogP contribution in [0.5, 0.6) is 5.75 Å². The maximum atomic E-state index is 11.3. The Hall–Kier alpha value is -1.52. The number of benzene rings is 1. The lowest BCUT2D eigenvalue weighted by Gasteiger charge is -2.53. The van der Waals surface area contributed by atoms with E-state index >= 15 is 0 Å². The third-order valence-electron chi connectivity index (χ3n) is 4.34. The topological polar surface area (TPSA) is 50.4 Å². The van der Waals surface area contributed by atoms with Gasteiger partial charge in [0.2, 0.25) is 0 Å². The number of hydrogen-bond acceptors (Lipinski definition) is 4. The maximum absolute atomic E-state index is 11.3. The summed E-state index contributed by atoms with van der Waals surface area (Å²) in [5, 5.41) is 6.68. The van der Waals surface area contributed by atoms with Gasteiger partial charge < -0.3 is 15.4 Å². The zero-order valence-corrected chi connectivity index (χ0v) is 12.7. The first-order chi connectivity index (χ1) is 10.2. The molecule has 1 aromatic carbocycles. The molecule has 1 saturated heterocycles. The Morgan fingerprint density at radius 1 is 1.38 bits per heavy atom. The van der Waals surface area contributed by atoms with Gasteiger partial charge in [-0.3, -0.25) is 4.79 Å². The molecular formula is C16H19ClN2O2. The Morgan fingerprint density at radius 3 is 2.71 bits per heavy atom. The minimum absolute atomic E-state index is 0.231. The molecule has 1 saturated carbocycles. The summed E-state index contributed by atoms with van der Waals surface area (Å²) in [6.45, 7) is 2.19. The molecule has 3 rings (SSSR count). The molecule has 1 aromatic rings. The summed E-state index contributed by atoms with van der Waals surface area (Å²) in [6, 6.07) is 3.56. The Bertz CT molecular complexity index is 574. The Morgan fingerprint density at radius 2 is 2.14 bits per heavy atom. The van der Waals surface area contributed by atoms with E-state index in [9.17, 15) is 4.79 Å². The molecule has 0 bridgehead atoms. The van der Waals surface area contributed by atoms with Gasteiger partial charge in [-0.1, -0.05) is 11.6 Å². The van der Waals surface area contributed by atoms with Crippen LogP contribution in [0.1, 0.15) is 28.8 Å². The van der Waals surface area contributed by atoms with Gasteiger partial charge in [0, 0.05) is 36.7 Å². The summed E-state index contributed by atoms with van der Waals surface area (Å²) in [7, 11) is 1.81. The second-order valence-corrected chi connectivity index (χ2v) is 6.27. The first kappa shape index (κ1) is 14.4. The lowest BCUT2D eigenvalue weighted by atomic mass is 9.63. The summed E-state index contributed by atoms with van der Waals surface area (Å²) >= 11 is 6.09. The third-order valence-corrected chi connectivity index (χ3v) is 4.67. The highest BCUT2D eigenvalue weighted by molar-refractivity contribution is 6.33. The molecule has 0 atom stereocenters. The zero-order valence-electron chi connectivity index (χ0n) is 12.0. The van der Waals surface area contributed by atoms with Crippen molar-refractivity contribution in [1.82, 2.24) is 10.6 Å². The summed E-state index contributed by atoms with van der Waals surface area (Å²) in [4.78, 5) is 11.3. The molecule has 2 N–H and O–H groups in total. The highest BCUT2D eigenvalue weighted by atomic mass is 35.5. The van der Waals surface area contributed by atoms with Gasteiger partial charge in [-0.25, -0.2) is 0 Å². The smallest absolute Gasteiger partial charge is 0.152 e. The number of halogens is 1. The molecular weight excluding hydrogens is 288 g/mol. The molecule has 0 amide bonds. The van der Waals surface area contributed by atoms with E-state index in [1.165, 1.54) is 0 Å². The van der Waals surface area contributed by atoms with E-state index in [1.807, 2.05) is 12.1 Å². The summed E-state index contributed by atoms with van der Waals surface area (Å²) < 4.78 is 6.08. The van der Waals surface area contributed by atoms with Crippen LogP contribution >= 0.6 is 11.6 Å². The monoisotopic (exact) mass is 306 g/mol. The van der Waals surface area contributed by atoms with Gasteiger partial charge in [0.15, 0.2) is 6.29 Å². The van der Waals surface area contributed by atoms with Crippen LogP contribution in [0.4, 0.5) is 0 Å². The van der Waals surface area contributed by atoms with E-state index in [1.54, 1.807) is 19.3 Å². The molecule has 1 aliphatic heterocycles. The van der Waals surface area contributed by atoms with Crippen molar-refractivity contribution in [3.63, 3.8) is 0 Å². The molecule has 0 radical (unpaired) electrons. The average molecular weight is 307 g/mol. The first-order valence-electron chi connectivity index (χ1n) is 7.16. The fraction of sp³-hybridized carbons (Fsp3) is 0.438. The fourth-order valence-electron chi connectivity index (χ4n) is 3.09. The van der Waals surface area contributed by atoms with Gasteiger partial charge in [0.05, 0.1) is 11.1 Å². The molecule has 0 aromatic heterocycles. The highest BCUT2D eigenvalue weighted by Gasteiger charge is 2.49. The van der Waals surface area contributed by atoms with Crippen molar-refractivity contribution in [2.75, 3.05) is 20.1 Å². The number of rotatable bonds is 5. The van der Waals surface area contributed by atoms with Crippen molar-refractivity contribution in [1.29, 1.82) is 0 Å². The van der Waals surface area contributed by atoms with E-state index < -0.39 is 0 Å². The summed E-state index contributed by atoms with van der Waals surface area (Å²) in [6.07, 6.45) is 6.76. The van der Waals surface area contributed by atoms with Gasteiger partial charge in [-0.2, -0.15) is 0 Å². The van der Waals surface area contributed by atoms with Crippen molar-refractivity contribution in [2.45, 2.75) is 18.9 Å². The number of carbonyl (C=O) groups is 1. The van der Waals surface area contributed by atoms with Gasteiger partial charge in [-0.15, -0.1) is 0 Å². The van der Waals surface area contributed by atoms with Crippen LogP contribution in [0.2, 0.25) is 5.02 Å². The standard InChI is InChI=1S/C16H19ClN2O2/c1-18-5-4-12-13(8-20)14(17)2-3-15(12)21-11-6-16(7-11)9-19-10-16/h2-5,8,11,18-19H,6-7,9-10H2,1H3/b5-4-. The third kappa shape index (κ3) is 2.65. The van der Waals surface area contributed by atoms with Gasteiger partial charge in [0.1, 0.15) is 5.75 Å². The Labute approximate surface area is 129 Å². The second kappa shape index (κ2) is 5.70. The van der Waals surface area contributed by atoms with Crippen LogP contribution in [0.3, 0.4) is 0 Å². The van der Waals surface area contributed by atoms with Crippen molar-refractivity contribution in [3.05, 3.63) is 34.5 Å². The normalized spacial score (nSPS) is 20.1. The molecule has 112 valence electrons. The number of hydrogen-bond donors (Lipinski definition) is 2. The maximum Gasteiger partial charge on any atom is 0.152 e. The largest absolute Gasteiger partial charge is 0.490 e. The van der Waals surface area contributed by atoms with Crippen LogP contribution in [0, 0.1) is 5.41 Å². The lowest BCUT2D eigenvalue weighted by molar-refractivity contribution is -0.0496. The molecule has 5 heteroatoms. The van der Waals surface area contributed by atoms with E-state index in [2.05, 4.69) is 10.6 Å². The minimum atomic E-state index is 0.231. The van der Waals surface area contributed by atoms with Crippen molar-refractivity contribution in [3.8, 4) is 5.75 Å². The van der Waals surface area contributed by atoms with Gasteiger partial charge in [0.25, 0.3) is 0 Å². The van der Waals surface area contributed by atoms with Crippen LogP contribution in [0.25, 0.3) is 6.08 Å². The Balaban J connectivity index is 1.80. The second-order valence-electron chi connectivity index (χ2n) is 5.86. The van der Waals surface area contributed by atoms with Crippen LogP contribution in [0.15, 0.2) is 18.3 Å². The zero-order chi connectivity index (χ0) is 14.9. The molecule has 1 heterocycles. The van der Waals surface area contributed by atoms with E-state index in [4.69, 9.17) is 16.3 Å². The summed E-state index contributed by atoms with van der Waals surface area (Å²) in [5.74, 6) is 0.722. The predicted molar refractivity (Wildman–Crippen MR) is 83.9 cm³/mol. The van der Waals surface area contributed by atoms with Gasteiger partial charge in [-0.05, 0) is 37.3 Å². The predicted octanol–water partition coefficient (Wildman–Crippen LogP) is 2.47. The quantitative estimate of drug-likeness (QED) is 0.821. The summed E-state index contributed by atoms with van der Waals surface area (Å²) in [5.41, 5.74) is 1.67. The van der Waals surface area contributed by atoms with E-state index in [0.29, 0.717) is 16.0 Å². The van der Waals surface area contributed by atoms with Crippen molar-refractivity contribution >= 4 is 24.0 Å². The fourth-order valence-corrected chi connectivity index (χ4v) is 3.30. The van der Waals surface area contributed by atoms with E-state index in [0.717, 1.165) is 43.5 Å². The van der Waals surface area contributed by atoms with Crippen molar-refractivity contribution in [2.24, 2.45) is 5.41 Å². The number of carbonyl (C=O) groups excluding carboxylic acids is 1. The molecule has 1 spiro atoms. The molecule has 1 aliphatic carbocycles. The Kier molecular flexibility index (Phi) is 3.91. The minimum Gasteiger partial charge on any atom is -0.490 e. The lowest BCUT2D eigenvalue weighted by Crippen LogP contribution is -2.62. The average Bonchev–Trinajstić information content (AvgIpc) is 2.39. The molecule has 21 heavy (non-hydrogen) atoms. The van der Waals surface area contributed by atoms with Crippen molar-refractivity contribution < 1.29 is 9.53 Å². The SMILES string of the molecule is CN/C=C\c1c(OC2CC3(CNC3)C2)ccc(Cl)c1C=O. The van der Waals surface area contributed by atoms with E-state index in [-0.39, 0.29) is 6.10 Å². The number of ether oxygens (including phenoxy) is 1.